The third kappa shape index (κ3) is 4.25. The molecular formula is C14H13BrF2N2O. The molecule has 0 bridgehead atoms. The van der Waals surface area contributed by atoms with Crippen LogP contribution in [-0.2, 0) is 6.42 Å². The lowest BCUT2D eigenvalue weighted by molar-refractivity contribution is -0.0498. The van der Waals surface area contributed by atoms with Gasteiger partial charge in [0.15, 0.2) is 0 Å². The van der Waals surface area contributed by atoms with Gasteiger partial charge in [-0.25, -0.2) is 0 Å². The molecule has 0 amide bonds. The van der Waals surface area contributed by atoms with E-state index in [-0.39, 0.29) is 11.8 Å². The first-order chi connectivity index (χ1) is 9.54. The molecule has 0 aliphatic carbocycles. The molecule has 2 rings (SSSR count). The van der Waals surface area contributed by atoms with E-state index < -0.39 is 6.61 Å². The molecule has 6 heteroatoms. The molecule has 0 spiro atoms. The zero-order chi connectivity index (χ0) is 14.5. The number of rotatable bonds is 5. The number of hydrogen-bond donors (Lipinski definition) is 1. The van der Waals surface area contributed by atoms with Crippen LogP contribution < -0.4 is 10.5 Å². The highest BCUT2D eigenvalue weighted by molar-refractivity contribution is 9.10. The summed E-state index contributed by atoms with van der Waals surface area (Å²) in [7, 11) is 0. The quantitative estimate of drug-likeness (QED) is 0.901. The normalized spacial score (nSPS) is 12.4. The van der Waals surface area contributed by atoms with Gasteiger partial charge in [0.1, 0.15) is 5.75 Å². The van der Waals surface area contributed by atoms with Crippen molar-refractivity contribution in [3.05, 3.63) is 58.3 Å². The molecule has 106 valence electrons. The van der Waals surface area contributed by atoms with E-state index in [4.69, 9.17) is 5.73 Å². The summed E-state index contributed by atoms with van der Waals surface area (Å²) in [6, 6.07) is 8.05. The Labute approximate surface area is 123 Å². The van der Waals surface area contributed by atoms with Crippen LogP contribution in [0.15, 0.2) is 47.2 Å². The van der Waals surface area contributed by atoms with Crippen LogP contribution in [0, 0.1) is 0 Å². The van der Waals surface area contributed by atoms with Crippen molar-refractivity contribution in [2.75, 3.05) is 0 Å². The van der Waals surface area contributed by atoms with Gasteiger partial charge in [0.25, 0.3) is 0 Å². The van der Waals surface area contributed by atoms with E-state index in [9.17, 15) is 8.78 Å². The van der Waals surface area contributed by atoms with Gasteiger partial charge >= 0.3 is 6.61 Å². The highest BCUT2D eigenvalue weighted by Gasteiger charge is 2.10. The van der Waals surface area contributed by atoms with Gasteiger partial charge in [-0.2, -0.15) is 8.78 Å². The molecule has 2 N–H and O–H groups in total. The summed E-state index contributed by atoms with van der Waals surface area (Å²) >= 11 is 3.34. The SMILES string of the molecule is NC(Cc1cncc(Br)c1)c1cccc(OC(F)F)c1. The first kappa shape index (κ1) is 14.9. The molecular weight excluding hydrogens is 330 g/mol. The fraction of sp³-hybridized carbons (Fsp3) is 0.214. The van der Waals surface area contributed by atoms with Gasteiger partial charge in [0.2, 0.25) is 0 Å². The van der Waals surface area contributed by atoms with Crippen LogP contribution in [0.1, 0.15) is 17.2 Å². The van der Waals surface area contributed by atoms with Crippen LogP contribution in [0.5, 0.6) is 5.75 Å². The lowest BCUT2D eigenvalue weighted by atomic mass is 10.0. The fourth-order valence-electron chi connectivity index (χ4n) is 1.86. The first-order valence-electron chi connectivity index (χ1n) is 5.94. The number of alkyl halides is 2. The molecule has 0 aliphatic heterocycles. The number of pyridine rings is 1. The Kier molecular flexibility index (Phi) is 5.03. The topological polar surface area (TPSA) is 48.1 Å². The number of aromatic nitrogens is 1. The van der Waals surface area contributed by atoms with Crippen molar-refractivity contribution in [3.63, 3.8) is 0 Å². The van der Waals surface area contributed by atoms with E-state index in [2.05, 4.69) is 25.7 Å². The fourth-order valence-corrected chi connectivity index (χ4v) is 2.27. The molecule has 0 fully saturated rings. The number of halogens is 3. The zero-order valence-corrected chi connectivity index (χ0v) is 12.1. The average Bonchev–Trinajstić information content (AvgIpc) is 2.38. The standard InChI is InChI=1S/C14H13BrF2N2O/c15-11-4-9(7-19-8-11)5-13(18)10-2-1-3-12(6-10)20-14(16)17/h1-4,6-8,13-14H,5,18H2. The third-order valence-electron chi connectivity index (χ3n) is 2.73. The van der Waals surface area contributed by atoms with E-state index in [0.717, 1.165) is 15.6 Å². The first-order valence-corrected chi connectivity index (χ1v) is 6.73. The molecule has 0 saturated carbocycles. The van der Waals surface area contributed by atoms with E-state index in [1.165, 1.54) is 12.1 Å². The maximum Gasteiger partial charge on any atom is 0.387 e. The molecule has 1 unspecified atom stereocenters. The monoisotopic (exact) mass is 342 g/mol. The van der Waals surface area contributed by atoms with Crippen molar-refractivity contribution in [3.8, 4) is 5.75 Å². The van der Waals surface area contributed by atoms with Crippen LogP contribution in [0.2, 0.25) is 0 Å². The number of benzene rings is 1. The summed E-state index contributed by atoms with van der Waals surface area (Å²) in [5.74, 6) is 0.111. The molecule has 0 radical (unpaired) electrons. The summed E-state index contributed by atoms with van der Waals surface area (Å²) in [5.41, 5.74) is 7.79. The molecule has 1 aromatic heterocycles. The Morgan fingerprint density at radius 3 is 2.75 bits per heavy atom. The minimum Gasteiger partial charge on any atom is -0.435 e. The van der Waals surface area contributed by atoms with E-state index in [1.807, 2.05) is 6.07 Å². The van der Waals surface area contributed by atoms with Crippen LogP contribution in [0.3, 0.4) is 0 Å². The average molecular weight is 343 g/mol. The zero-order valence-electron chi connectivity index (χ0n) is 10.5. The summed E-state index contributed by atoms with van der Waals surface area (Å²) in [6.07, 6.45) is 3.97. The van der Waals surface area contributed by atoms with E-state index in [1.54, 1.807) is 24.5 Å². The van der Waals surface area contributed by atoms with Gasteiger partial charge in [-0.05, 0) is 51.7 Å². The highest BCUT2D eigenvalue weighted by Crippen LogP contribution is 2.22. The number of nitrogens with zero attached hydrogens (tertiary/aromatic N) is 1. The lowest BCUT2D eigenvalue weighted by Crippen LogP contribution is -2.14. The van der Waals surface area contributed by atoms with Gasteiger partial charge in [0, 0.05) is 22.9 Å². The van der Waals surface area contributed by atoms with Crippen LogP contribution in [0.4, 0.5) is 8.78 Å². The van der Waals surface area contributed by atoms with Crippen molar-refractivity contribution in [2.45, 2.75) is 19.1 Å². The predicted octanol–water partition coefficient (Wildman–Crippen LogP) is 3.69. The maximum absolute atomic E-state index is 12.2. The summed E-state index contributed by atoms with van der Waals surface area (Å²) in [5, 5.41) is 0. The molecule has 20 heavy (non-hydrogen) atoms. The van der Waals surface area contributed by atoms with Gasteiger partial charge in [-0.3, -0.25) is 4.98 Å². The molecule has 0 saturated heterocycles. The summed E-state index contributed by atoms with van der Waals surface area (Å²) in [4.78, 5) is 4.06. The second kappa shape index (κ2) is 6.76. The lowest BCUT2D eigenvalue weighted by Gasteiger charge is -2.13. The smallest absolute Gasteiger partial charge is 0.387 e. The largest absolute Gasteiger partial charge is 0.435 e. The van der Waals surface area contributed by atoms with Gasteiger partial charge in [0.05, 0.1) is 0 Å². The molecule has 0 aliphatic rings. The molecule has 1 aromatic carbocycles. The summed E-state index contributed by atoms with van der Waals surface area (Å²) < 4.78 is 29.6. The van der Waals surface area contributed by atoms with Crippen LogP contribution in [-0.4, -0.2) is 11.6 Å². The predicted molar refractivity (Wildman–Crippen MR) is 75.6 cm³/mol. The molecule has 1 atom stereocenters. The second-order valence-electron chi connectivity index (χ2n) is 4.27. The molecule has 2 aromatic rings. The van der Waals surface area contributed by atoms with Gasteiger partial charge in [-0.1, -0.05) is 12.1 Å². The number of ether oxygens (including phenoxy) is 1. The van der Waals surface area contributed by atoms with Crippen molar-refractivity contribution < 1.29 is 13.5 Å². The number of hydrogen-bond acceptors (Lipinski definition) is 3. The van der Waals surface area contributed by atoms with E-state index >= 15 is 0 Å². The minimum atomic E-state index is -2.84. The van der Waals surface area contributed by atoms with Gasteiger partial charge in [-0.15, -0.1) is 0 Å². The Bertz CT molecular complexity index is 581. The van der Waals surface area contributed by atoms with Gasteiger partial charge < -0.3 is 10.5 Å². The Morgan fingerprint density at radius 1 is 1.25 bits per heavy atom. The molecule has 3 nitrogen and oxygen atoms in total. The second-order valence-corrected chi connectivity index (χ2v) is 5.19. The van der Waals surface area contributed by atoms with Crippen molar-refractivity contribution >= 4 is 15.9 Å². The molecule has 1 heterocycles. The van der Waals surface area contributed by atoms with Crippen molar-refractivity contribution in [1.29, 1.82) is 0 Å². The Balaban J connectivity index is 2.10. The minimum absolute atomic E-state index is 0.111. The highest BCUT2D eigenvalue weighted by atomic mass is 79.9. The maximum atomic E-state index is 12.2. The summed E-state index contributed by atoms with van der Waals surface area (Å²) in [6.45, 7) is -2.84. The van der Waals surface area contributed by atoms with Crippen molar-refractivity contribution in [2.24, 2.45) is 5.73 Å². The Hall–Kier alpha value is -1.53. The van der Waals surface area contributed by atoms with Crippen molar-refractivity contribution in [1.82, 2.24) is 4.98 Å². The van der Waals surface area contributed by atoms with E-state index in [0.29, 0.717) is 6.42 Å². The Morgan fingerprint density at radius 2 is 2.05 bits per heavy atom. The third-order valence-corrected chi connectivity index (χ3v) is 3.16. The van der Waals surface area contributed by atoms with Crippen LogP contribution >= 0.6 is 15.9 Å². The number of nitrogens with two attached hydrogens (primary N) is 1. The van der Waals surface area contributed by atoms with Crippen LogP contribution in [0.25, 0.3) is 0 Å².